The lowest BCUT2D eigenvalue weighted by molar-refractivity contribution is 0.0947. The normalized spacial score (nSPS) is 11.0. The highest BCUT2D eigenvalue weighted by atomic mass is 16.1. The van der Waals surface area contributed by atoms with Crippen LogP contribution in [0.2, 0.25) is 0 Å². The monoisotopic (exact) mass is 265 g/mol. The van der Waals surface area contributed by atoms with Crippen LogP contribution in [-0.2, 0) is 0 Å². The van der Waals surface area contributed by atoms with Crippen molar-refractivity contribution in [1.82, 2.24) is 20.2 Å². The summed E-state index contributed by atoms with van der Waals surface area (Å²) in [6, 6.07) is 0.555. The topological polar surface area (TPSA) is 84.1 Å². The summed E-state index contributed by atoms with van der Waals surface area (Å²) >= 11 is 0. The second-order valence-electron chi connectivity index (χ2n) is 4.86. The van der Waals surface area contributed by atoms with E-state index in [2.05, 4.69) is 41.1 Å². The number of nitrogens with zero attached hydrogens (tertiary/aromatic N) is 3. The lowest BCUT2D eigenvalue weighted by Crippen LogP contribution is -2.29. The highest BCUT2D eigenvalue weighted by Crippen LogP contribution is 1.98. The predicted molar refractivity (Wildman–Crippen MR) is 75.8 cm³/mol. The molecular formula is C13H23N5O. The fourth-order valence-electron chi connectivity index (χ4n) is 1.49. The third-order valence-electron chi connectivity index (χ3n) is 3.01. The van der Waals surface area contributed by atoms with Crippen molar-refractivity contribution in [2.75, 3.05) is 25.9 Å². The Morgan fingerprint density at radius 2 is 2.11 bits per heavy atom. The maximum absolute atomic E-state index is 11.7. The number of hydrogen-bond acceptors (Lipinski definition) is 5. The van der Waals surface area contributed by atoms with E-state index in [0.717, 1.165) is 19.4 Å². The van der Waals surface area contributed by atoms with Gasteiger partial charge in [-0.3, -0.25) is 4.79 Å². The molecule has 0 spiro atoms. The van der Waals surface area contributed by atoms with E-state index in [-0.39, 0.29) is 5.91 Å². The van der Waals surface area contributed by atoms with E-state index in [4.69, 9.17) is 5.73 Å². The number of amides is 1. The van der Waals surface area contributed by atoms with E-state index in [9.17, 15) is 4.79 Å². The third kappa shape index (κ3) is 5.65. The summed E-state index contributed by atoms with van der Waals surface area (Å²) in [6.07, 6.45) is 4.78. The average molecular weight is 265 g/mol. The first-order valence-electron chi connectivity index (χ1n) is 6.56. The Kier molecular flexibility index (Phi) is 6.21. The third-order valence-corrected chi connectivity index (χ3v) is 3.01. The second kappa shape index (κ2) is 7.68. The average Bonchev–Trinajstić information content (AvgIpc) is 2.38. The van der Waals surface area contributed by atoms with Gasteiger partial charge in [-0.1, -0.05) is 0 Å². The molecule has 0 fully saturated rings. The predicted octanol–water partition coefficient (Wildman–Crippen LogP) is 0.909. The number of carbonyl (C=O) groups excluding carboxylic acids is 1. The molecule has 6 nitrogen and oxygen atoms in total. The van der Waals surface area contributed by atoms with Gasteiger partial charge in [-0.25, -0.2) is 9.97 Å². The Hall–Kier alpha value is -1.69. The van der Waals surface area contributed by atoms with E-state index in [1.165, 1.54) is 12.4 Å². The molecule has 0 saturated heterocycles. The molecule has 1 rings (SSSR count). The molecule has 0 aliphatic rings. The van der Waals surface area contributed by atoms with Gasteiger partial charge in [0.1, 0.15) is 11.5 Å². The molecule has 0 aliphatic heterocycles. The first-order chi connectivity index (χ1) is 9.00. The van der Waals surface area contributed by atoms with E-state index >= 15 is 0 Å². The van der Waals surface area contributed by atoms with Crippen LogP contribution in [0.15, 0.2) is 12.4 Å². The van der Waals surface area contributed by atoms with Crippen LogP contribution >= 0.6 is 0 Å². The van der Waals surface area contributed by atoms with Crippen molar-refractivity contribution in [3.8, 4) is 0 Å². The number of nitrogens with one attached hydrogen (secondary N) is 1. The standard InChI is InChI=1S/C13H23N5O/c1-10(2)18(3)7-5-4-6-15-13(19)11-8-17-12(14)9-16-11/h8-10H,4-7H2,1-3H3,(H2,14,17)(H,15,19). The minimum absolute atomic E-state index is 0.204. The van der Waals surface area contributed by atoms with Gasteiger partial charge in [-0.2, -0.15) is 0 Å². The summed E-state index contributed by atoms with van der Waals surface area (Å²) in [4.78, 5) is 21.7. The van der Waals surface area contributed by atoms with Crippen LogP contribution in [0.1, 0.15) is 37.2 Å². The zero-order valence-corrected chi connectivity index (χ0v) is 11.9. The van der Waals surface area contributed by atoms with Gasteiger partial charge in [0.05, 0.1) is 12.4 Å². The Morgan fingerprint density at radius 1 is 1.37 bits per heavy atom. The van der Waals surface area contributed by atoms with Crippen molar-refractivity contribution in [2.45, 2.75) is 32.7 Å². The summed E-state index contributed by atoms with van der Waals surface area (Å²) < 4.78 is 0. The van der Waals surface area contributed by atoms with Gasteiger partial charge in [0, 0.05) is 12.6 Å². The summed E-state index contributed by atoms with van der Waals surface area (Å²) in [5.74, 6) is 0.109. The Labute approximate surface area is 114 Å². The van der Waals surface area contributed by atoms with Crippen LogP contribution in [0.4, 0.5) is 5.82 Å². The molecule has 1 amide bonds. The van der Waals surface area contributed by atoms with Crippen molar-refractivity contribution in [1.29, 1.82) is 0 Å². The summed E-state index contributed by atoms with van der Waals surface area (Å²) in [5.41, 5.74) is 5.71. The van der Waals surface area contributed by atoms with Crippen molar-refractivity contribution in [3.63, 3.8) is 0 Å². The number of hydrogen-bond donors (Lipinski definition) is 2. The van der Waals surface area contributed by atoms with Gasteiger partial charge >= 0.3 is 0 Å². The maximum Gasteiger partial charge on any atom is 0.271 e. The fourth-order valence-corrected chi connectivity index (χ4v) is 1.49. The van der Waals surface area contributed by atoms with E-state index in [0.29, 0.717) is 24.1 Å². The zero-order chi connectivity index (χ0) is 14.3. The number of nitrogens with two attached hydrogens (primary N) is 1. The van der Waals surface area contributed by atoms with Crippen LogP contribution in [0.25, 0.3) is 0 Å². The van der Waals surface area contributed by atoms with Gasteiger partial charge in [0.2, 0.25) is 0 Å². The minimum atomic E-state index is -0.204. The van der Waals surface area contributed by atoms with Gasteiger partial charge in [-0.15, -0.1) is 0 Å². The molecule has 0 radical (unpaired) electrons. The summed E-state index contributed by atoms with van der Waals surface area (Å²) in [5, 5.41) is 2.82. The van der Waals surface area contributed by atoms with Crippen LogP contribution in [-0.4, -0.2) is 47.0 Å². The largest absolute Gasteiger partial charge is 0.382 e. The van der Waals surface area contributed by atoms with Gasteiger partial charge in [0.25, 0.3) is 5.91 Å². The molecule has 0 unspecified atom stereocenters. The number of aromatic nitrogens is 2. The first kappa shape index (κ1) is 15.4. The number of rotatable bonds is 7. The summed E-state index contributed by atoms with van der Waals surface area (Å²) in [7, 11) is 2.10. The van der Waals surface area contributed by atoms with Crippen molar-refractivity contribution < 1.29 is 4.79 Å². The lowest BCUT2D eigenvalue weighted by Gasteiger charge is -2.20. The summed E-state index contributed by atoms with van der Waals surface area (Å²) in [6.45, 7) is 6.02. The SMILES string of the molecule is CC(C)N(C)CCCCNC(=O)c1cnc(N)cn1. The van der Waals surface area contributed by atoms with E-state index in [1.807, 2.05) is 0 Å². The molecule has 19 heavy (non-hydrogen) atoms. The smallest absolute Gasteiger partial charge is 0.271 e. The van der Waals surface area contributed by atoms with Crippen molar-refractivity contribution in [3.05, 3.63) is 18.1 Å². The molecular weight excluding hydrogens is 242 g/mol. The van der Waals surface area contributed by atoms with Crippen LogP contribution < -0.4 is 11.1 Å². The maximum atomic E-state index is 11.7. The molecule has 0 saturated carbocycles. The molecule has 106 valence electrons. The minimum Gasteiger partial charge on any atom is -0.382 e. The first-order valence-corrected chi connectivity index (χ1v) is 6.56. The van der Waals surface area contributed by atoms with Gasteiger partial charge in [-0.05, 0) is 40.3 Å². The number of anilines is 1. The fraction of sp³-hybridized carbons (Fsp3) is 0.615. The molecule has 1 aromatic rings. The van der Waals surface area contributed by atoms with Gasteiger partial charge in [0.15, 0.2) is 0 Å². The molecule has 0 aromatic carbocycles. The number of carbonyl (C=O) groups is 1. The molecule has 6 heteroatoms. The number of unbranched alkanes of at least 4 members (excludes halogenated alkanes) is 1. The Balaban J connectivity index is 2.19. The Morgan fingerprint density at radius 3 is 2.68 bits per heavy atom. The van der Waals surface area contributed by atoms with Crippen LogP contribution in [0.3, 0.4) is 0 Å². The second-order valence-corrected chi connectivity index (χ2v) is 4.86. The molecule has 0 aliphatic carbocycles. The zero-order valence-electron chi connectivity index (χ0n) is 11.9. The van der Waals surface area contributed by atoms with Crippen LogP contribution in [0, 0.1) is 0 Å². The molecule has 0 bridgehead atoms. The van der Waals surface area contributed by atoms with Crippen LogP contribution in [0.5, 0.6) is 0 Å². The lowest BCUT2D eigenvalue weighted by atomic mass is 10.2. The van der Waals surface area contributed by atoms with Gasteiger partial charge < -0.3 is 16.0 Å². The molecule has 1 heterocycles. The number of nitrogen functional groups attached to an aromatic ring is 1. The molecule has 3 N–H and O–H groups in total. The highest BCUT2D eigenvalue weighted by Gasteiger charge is 2.07. The van der Waals surface area contributed by atoms with Crippen molar-refractivity contribution >= 4 is 11.7 Å². The van der Waals surface area contributed by atoms with Crippen molar-refractivity contribution in [2.24, 2.45) is 0 Å². The highest BCUT2D eigenvalue weighted by molar-refractivity contribution is 5.91. The molecule has 1 aromatic heterocycles. The quantitative estimate of drug-likeness (QED) is 0.716. The van der Waals surface area contributed by atoms with E-state index < -0.39 is 0 Å². The Bertz CT molecular complexity index is 391. The van der Waals surface area contributed by atoms with E-state index in [1.54, 1.807) is 0 Å². The molecule has 0 atom stereocenters.